The summed E-state index contributed by atoms with van der Waals surface area (Å²) in [4.78, 5) is 5.04. The fourth-order valence-corrected chi connectivity index (χ4v) is 4.09. The average Bonchev–Trinajstić information content (AvgIpc) is 3.01. The maximum absolute atomic E-state index is 13.7. The van der Waals surface area contributed by atoms with E-state index >= 15 is 0 Å². The van der Waals surface area contributed by atoms with Crippen LogP contribution in [0.3, 0.4) is 0 Å². The van der Waals surface area contributed by atoms with Crippen LogP contribution in [0.5, 0.6) is 11.5 Å². The van der Waals surface area contributed by atoms with E-state index in [4.69, 9.17) is 16.3 Å². The molecule has 0 fully saturated rings. The van der Waals surface area contributed by atoms with E-state index in [1.165, 1.54) is 6.07 Å². The zero-order chi connectivity index (χ0) is 21.5. The molecule has 1 unspecified atom stereocenters. The molecule has 30 heavy (non-hydrogen) atoms. The van der Waals surface area contributed by atoms with Gasteiger partial charge in [-0.05, 0) is 48.9 Å². The number of alkyl halides is 2. The van der Waals surface area contributed by atoms with Crippen molar-refractivity contribution in [1.29, 1.82) is 0 Å². The maximum atomic E-state index is 13.7. The van der Waals surface area contributed by atoms with Crippen molar-refractivity contribution in [1.82, 2.24) is 4.98 Å². The molecule has 5 nitrogen and oxygen atoms in total. The fraction of sp³-hybridized carbons (Fsp3) is 0.190. The van der Waals surface area contributed by atoms with Gasteiger partial charge in [-0.2, -0.15) is 0 Å². The molecule has 0 saturated carbocycles. The zero-order valence-corrected chi connectivity index (χ0v) is 17.6. The number of rotatable bonds is 5. The third-order valence-electron chi connectivity index (χ3n) is 4.66. The highest BCUT2D eigenvalue weighted by Crippen LogP contribution is 2.47. The van der Waals surface area contributed by atoms with Crippen molar-refractivity contribution >= 4 is 28.1 Å². The zero-order valence-electron chi connectivity index (χ0n) is 16.0. The molecule has 0 aliphatic carbocycles. The Morgan fingerprint density at radius 2 is 1.97 bits per heavy atom. The van der Waals surface area contributed by atoms with Gasteiger partial charge in [-0.25, -0.2) is 0 Å². The van der Waals surface area contributed by atoms with E-state index in [9.17, 15) is 13.0 Å². The fourth-order valence-electron chi connectivity index (χ4n) is 3.25. The summed E-state index contributed by atoms with van der Waals surface area (Å²) in [6, 6.07) is 12.6. The van der Waals surface area contributed by atoms with Gasteiger partial charge >= 0.3 is 6.29 Å². The van der Waals surface area contributed by atoms with Gasteiger partial charge in [-0.15, -0.1) is 8.78 Å². The van der Waals surface area contributed by atoms with Crippen LogP contribution in [0.25, 0.3) is 0 Å². The first-order valence-electron chi connectivity index (χ1n) is 8.95. The Morgan fingerprint density at radius 1 is 1.17 bits per heavy atom. The molecular formula is C21H17ClF2N2O3S. The predicted octanol–water partition coefficient (Wildman–Crippen LogP) is 5.30. The second-order valence-corrected chi connectivity index (χ2v) is 8.51. The van der Waals surface area contributed by atoms with Crippen LogP contribution in [0, 0.1) is 6.92 Å². The van der Waals surface area contributed by atoms with E-state index in [0.29, 0.717) is 26.9 Å². The van der Waals surface area contributed by atoms with Gasteiger partial charge in [0, 0.05) is 39.4 Å². The number of ether oxygens (including phenoxy) is 2. The lowest BCUT2D eigenvalue weighted by Gasteiger charge is -2.23. The number of aromatic nitrogens is 1. The standard InChI is InChI=1S/C21H17ClF2N2O3S/c1-12-11-13(30(2)27)8-9-16(12)26-18(19-15(22)6-4-10-25-19)14-5-3-7-17-20(14)29-21(23,24)28-17/h3-11,18,26H,1-2H3/t18-,30?/m0/s1. The summed E-state index contributed by atoms with van der Waals surface area (Å²) in [5.41, 5.74) is 2.37. The normalized spacial score (nSPS) is 16.2. The smallest absolute Gasteiger partial charge is 0.395 e. The molecule has 0 saturated heterocycles. The van der Waals surface area contributed by atoms with Gasteiger partial charge in [-0.3, -0.25) is 9.19 Å². The largest absolute Gasteiger partial charge is 0.586 e. The molecule has 4 rings (SSSR count). The van der Waals surface area contributed by atoms with Crippen LogP contribution in [0.2, 0.25) is 5.02 Å². The lowest BCUT2D eigenvalue weighted by Crippen LogP contribution is -2.26. The number of pyridine rings is 1. The first kappa shape index (κ1) is 20.6. The lowest BCUT2D eigenvalue weighted by molar-refractivity contribution is -0.286. The monoisotopic (exact) mass is 450 g/mol. The molecule has 1 aliphatic rings. The number of anilines is 1. The Bertz CT molecular complexity index is 1140. The number of aryl methyl sites for hydroxylation is 1. The van der Waals surface area contributed by atoms with Crippen molar-refractivity contribution in [3.8, 4) is 11.5 Å². The molecule has 2 aromatic carbocycles. The molecule has 9 heteroatoms. The molecule has 3 aromatic rings. The number of fused-ring (bicyclic) bond motifs is 1. The molecule has 156 valence electrons. The second-order valence-electron chi connectivity index (χ2n) is 6.72. The average molecular weight is 451 g/mol. The number of halogens is 3. The van der Waals surface area contributed by atoms with Crippen LogP contribution in [0.4, 0.5) is 14.5 Å². The van der Waals surface area contributed by atoms with Gasteiger partial charge in [0.1, 0.15) is 0 Å². The van der Waals surface area contributed by atoms with Crippen LogP contribution in [-0.2, 0) is 10.8 Å². The highest BCUT2D eigenvalue weighted by Gasteiger charge is 2.45. The predicted molar refractivity (Wildman–Crippen MR) is 111 cm³/mol. The minimum atomic E-state index is -3.75. The van der Waals surface area contributed by atoms with E-state index in [2.05, 4.69) is 15.0 Å². The molecule has 0 amide bonds. The third-order valence-corrected chi connectivity index (χ3v) is 5.90. The lowest BCUT2D eigenvalue weighted by atomic mass is 10.00. The van der Waals surface area contributed by atoms with E-state index in [-0.39, 0.29) is 11.5 Å². The van der Waals surface area contributed by atoms with Crippen LogP contribution in [-0.4, -0.2) is 21.7 Å². The highest BCUT2D eigenvalue weighted by molar-refractivity contribution is 7.84. The number of nitrogens with one attached hydrogen (secondary N) is 1. The summed E-state index contributed by atoms with van der Waals surface area (Å²) in [5, 5.41) is 3.68. The van der Waals surface area contributed by atoms with Crippen molar-refractivity contribution in [3.05, 3.63) is 76.6 Å². The van der Waals surface area contributed by atoms with Crippen molar-refractivity contribution < 1.29 is 22.5 Å². The van der Waals surface area contributed by atoms with Gasteiger partial charge in [0.25, 0.3) is 0 Å². The molecule has 1 aromatic heterocycles. The number of nitrogens with zero attached hydrogens (tertiary/aromatic N) is 1. The third kappa shape index (κ3) is 3.97. The first-order valence-corrected chi connectivity index (χ1v) is 10.9. The van der Waals surface area contributed by atoms with Crippen LogP contribution < -0.4 is 14.8 Å². The van der Waals surface area contributed by atoms with Crippen LogP contribution >= 0.6 is 11.6 Å². The summed E-state index contributed by atoms with van der Waals surface area (Å²) >= 11 is 6.39. The molecule has 1 N–H and O–H groups in total. The van der Waals surface area contributed by atoms with Gasteiger partial charge in [0.15, 0.2) is 11.5 Å². The summed E-state index contributed by atoms with van der Waals surface area (Å²) in [7, 11) is -1.13. The van der Waals surface area contributed by atoms with Crippen LogP contribution in [0.1, 0.15) is 22.9 Å². The topological polar surface area (TPSA) is 60.5 Å². The number of benzene rings is 2. The van der Waals surface area contributed by atoms with Crippen molar-refractivity contribution in [3.63, 3.8) is 0 Å². The van der Waals surface area contributed by atoms with Crippen molar-refractivity contribution in [2.75, 3.05) is 11.6 Å². The summed E-state index contributed by atoms with van der Waals surface area (Å²) in [6.45, 7) is 1.86. The Kier molecular flexibility index (Phi) is 5.38. The van der Waals surface area contributed by atoms with E-state index in [1.54, 1.807) is 54.9 Å². The van der Waals surface area contributed by atoms with E-state index in [1.807, 2.05) is 6.92 Å². The van der Waals surface area contributed by atoms with Gasteiger partial charge in [0.2, 0.25) is 0 Å². The second kappa shape index (κ2) is 7.85. The Morgan fingerprint density at radius 3 is 2.67 bits per heavy atom. The minimum absolute atomic E-state index is 0.0650. The first-order chi connectivity index (χ1) is 14.2. The summed E-state index contributed by atoms with van der Waals surface area (Å²) in [5.74, 6) is -0.143. The molecule has 2 heterocycles. The van der Waals surface area contributed by atoms with E-state index < -0.39 is 23.1 Å². The van der Waals surface area contributed by atoms with Crippen molar-refractivity contribution in [2.45, 2.75) is 24.2 Å². The van der Waals surface area contributed by atoms with Gasteiger partial charge in [-0.1, -0.05) is 23.7 Å². The molecule has 0 radical (unpaired) electrons. The molecule has 0 spiro atoms. The highest BCUT2D eigenvalue weighted by atomic mass is 35.5. The quantitative estimate of drug-likeness (QED) is 0.571. The number of hydrogen-bond donors (Lipinski definition) is 1. The molecule has 1 aliphatic heterocycles. The Hall–Kier alpha value is -2.71. The van der Waals surface area contributed by atoms with Gasteiger partial charge < -0.3 is 14.8 Å². The van der Waals surface area contributed by atoms with E-state index in [0.717, 1.165) is 5.56 Å². The van der Waals surface area contributed by atoms with Crippen LogP contribution in [0.15, 0.2) is 59.6 Å². The van der Waals surface area contributed by atoms with Crippen molar-refractivity contribution in [2.24, 2.45) is 0 Å². The Balaban J connectivity index is 1.82. The SMILES string of the molecule is Cc1cc(S(C)=O)ccc1N[C@@H](c1cccc2c1OC(F)(F)O2)c1ncccc1Cl. The number of para-hydroxylation sites is 1. The summed E-state index contributed by atoms with van der Waals surface area (Å²) < 4.78 is 48.6. The molecular weight excluding hydrogens is 434 g/mol. The summed E-state index contributed by atoms with van der Waals surface area (Å²) in [6.07, 6.45) is -0.579. The molecule has 2 atom stereocenters. The minimum Gasteiger partial charge on any atom is -0.395 e. The Labute approximate surface area is 179 Å². The maximum Gasteiger partial charge on any atom is 0.586 e. The number of hydrogen-bond acceptors (Lipinski definition) is 5. The molecule has 0 bridgehead atoms. The van der Waals surface area contributed by atoms with Gasteiger partial charge in [0.05, 0.1) is 16.8 Å².